The maximum atomic E-state index is 5.95. The molecular weight excluding hydrogens is 280 g/mol. The van der Waals surface area contributed by atoms with Gasteiger partial charge in [0.1, 0.15) is 0 Å². The molecule has 4 nitrogen and oxygen atoms in total. The molecule has 1 aliphatic rings. The van der Waals surface area contributed by atoms with Crippen LogP contribution in [-0.4, -0.2) is 34.0 Å². The number of thiophene rings is 1. The molecule has 100 valence electrons. The van der Waals surface area contributed by atoms with Crippen LogP contribution in [0.1, 0.15) is 11.3 Å². The molecule has 3 rings (SSSR count). The van der Waals surface area contributed by atoms with Crippen LogP contribution in [0.4, 0.5) is 5.95 Å². The highest BCUT2D eigenvalue weighted by atomic mass is 35.5. The van der Waals surface area contributed by atoms with Crippen molar-refractivity contribution in [3.05, 3.63) is 39.8 Å². The average Bonchev–Trinajstić information content (AvgIpc) is 3.01. The molecule has 0 aliphatic carbocycles. The van der Waals surface area contributed by atoms with Crippen LogP contribution in [0.5, 0.6) is 0 Å². The Labute approximate surface area is 121 Å². The summed E-state index contributed by atoms with van der Waals surface area (Å²) in [5.74, 6) is 0.716. The second-order valence-corrected chi connectivity index (χ2v) is 6.44. The molecule has 0 amide bonds. The molecule has 19 heavy (non-hydrogen) atoms. The number of aromatic nitrogens is 2. The molecule has 2 aromatic rings. The van der Waals surface area contributed by atoms with Gasteiger partial charge in [-0.2, -0.15) is 0 Å². The molecule has 1 atom stereocenters. The van der Waals surface area contributed by atoms with Crippen molar-refractivity contribution in [1.82, 2.24) is 14.9 Å². The minimum absolute atomic E-state index is 0.429. The third kappa shape index (κ3) is 3.43. The summed E-state index contributed by atoms with van der Waals surface area (Å²) in [4.78, 5) is 12.2. The van der Waals surface area contributed by atoms with Gasteiger partial charge in [-0.05, 0) is 24.6 Å². The van der Waals surface area contributed by atoms with E-state index in [0.717, 1.165) is 30.4 Å². The van der Waals surface area contributed by atoms with Crippen molar-refractivity contribution in [2.45, 2.75) is 19.0 Å². The molecule has 6 heteroatoms. The first kappa shape index (κ1) is 12.8. The van der Waals surface area contributed by atoms with Crippen molar-refractivity contribution in [2.75, 3.05) is 18.4 Å². The van der Waals surface area contributed by atoms with E-state index in [1.165, 1.54) is 4.88 Å². The van der Waals surface area contributed by atoms with Crippen molar-refractivity contribution < 1.29 is 0 Å². The number of nitrogens with one attached hydrogen (secondary N) is 1. The zero-order chi connectivity index (χ0) is 13.1. The van der Waals surface area contributed by atoms with Crippen molar-refractivity contribution in [3.63, 3.8) is 0 Å². The lowest BCUT2D eigenvalue weighted by Crippen LogP contribution is -2.26. The number of nitrogens with zero attached hydrogens (tertiary/aromatic N) is 3. The van der Waals surface area contributed by atoms with Crippen molar-refractivity contribution >= 4 is 28.9 Å². The summed E-state index contributed by atoms with van der Waals surface area (Å²) in [7, 11) is 0. The molecule has 0 saturated carbocycles. The van der Waals surface area contributed by atoms with E-state index in [-0.39, 0.29) is 0 Å². The summed E-state index contributed by atoms with van der Waals surface area (Å²) in [5, 5.41) is 3.38. The zero-order valence-corrected chi connectivity index (χ0v) is 12.0. The van der Waals surface area contributed by atoms with Gasteiger partial charge < -0.3 is 5.32 Å². The Bertz CT molecular complexity index is 530. The van der Waals surface area contributed by atoms with E-state index in [1.807, 2.05) is 12.1 Å². The highest BCUT2D eigenvalue weighted by molar-refractivity contribution is 7.16. The molecule has 1 N–H and O–H groups in total. The van der Waals surface area contributed by atoms with E-state index in [0.29, 0.717) is 12.0 Å². The third-order valence-corrected chi connectivity index (χ3v) is 4.40. The lowest BCUT2D eigenvalue weighted by Gasteiger charge is -2.15. The molecule has 1 fully saturated rings. The first-order valence-electron chi connectivity index (χ1n) is 6.30. The van der Waals surface area contributed by atoms with Crippen LogP contribution >= 0.6 is 22.9 Å². The number of likely N-dealkylation sites (tertiary alicyclic amines) is 1. The topological polar surface area (TPSA) is 41.0 Å². The standard InChI is InChI=1S/C13H15ClN4S/c14-12-3-2-11(19-12)9-18-7-4-10(8-18)17-13-15-5-1-6-16-13/h1-3,5-6,10H,4,7-9H2,(H,15,16,17). The van der Waals surface area contributed by atoms with Crippen LogP contribution in [-0.2, 0) is 6.54 Å². The summed E-state index contributed by atoms with van der Waals surface area (Å²) in [5.41, 5.74) is 0. The van der Waals surface area contributed by atoms with Gasteiger partial charge in [-0.3, -0.25) is 4.90 Å². The number of hydrogen-bond donors (Lipinski definition) is 1. The van der Waals surface area contributed by atoms with Gasteiger partial charge in [0, 0.05) is 42.9 Å². The van der Waals surface area contributed by atoms with E-state index < -0.39 is 0 Å². The molecule has 1 saturated heterocycles. The van der Waals surface area contributed by atoms with Crippen LogP contribution in [0.2, 0.25) is 4.34 Å². The lowest BCUT2D eigenvalue weighted by molar-refractivity contribution is 0.331. The Hall–Kier alpha value is -1.17. The van der Waals surface area contributed by atoms with Gasteiger partial charge in [-0.25, -0.2) is 9.97 Å². The Kier molecular flexibility index (Phi) is 3.96. The van der Waals surface area contributed by atoms with Gasteiger partial charge in [0.15, 0.2) is 0 Å². The Morgan fingerprint density at radius 3 is 2.95 bits per heavy atom. The molecule has 0 aromatic carbocycles. The Morgan fingerprint density at radius 1 is 1.37 bits per heavy atom. The van der Waals surface area contributed by atoms with Crippen molar-refractivity contribution in [2.24, 2.45) is 0 Å². The van der Waals surface area contributed by atoms with E-state index in [9.17, 15) is 0 Å². The van der Waals surface area contributed by atoms with Gasteiger partial charge in [0.2, 0.25) is 5.95 Å². The van der Waals surface area contributed by atoms with Crippen molar-refractivity contribution in [1.29, 1.82) is 0 Å². The smallest absolute Gasteiger partial charge is 0.222 e. The molecule has 1 aliphatic heterocycles. The van der Waals surface area contributed by atoms with E-state index in [2.05, 4.69) is 26.3 Å². The van der Waals surface area contributed by atoms with Gasteiger partial charge in [-0.1, -0.05) is 11.6 Å². The first-order valence-corrected chi connectivity index (χ1v) is 7.49. The molecule has 1 unspecified atom stereocenters. The van der Waals surface area contributed by atoms with Crippen molar-refractivity contribution in [3.8, 4) is 0 Å². The van der Waals surface area contributed by atoms with E-state index in [1.54, 1.807) is 23.7 Å². The predicted molar refractivity (Wildman–Crippen MR) is 78.7 cm³/mol. The maximum Gasteiger partial charge on any atom is 0.222 e. The molecule has 0 radical (unpaired) electrons. The maximum absolute atomic E-state index is 5.95. The molecule has 0 spiro atoms. The summed E-state index contributed by atoms with van der Waals surface area (Å²) in [6, 6.07) is 6.32. The molecular formula is C13H15ClN4S. The van der Waals surface area contributed by atoms with Crippen LogP contribution in [0, 0.1) is 0 Å². The fraction of sp³-hybridized carbons (Fsp3) is 0.385. The minimum atomic E-state index is 0.429. The Balaban J connectivity index is 1.53. The minimum Gasteiger partial charge on any atom is -0.350 e. The second kappa shape index (κ2) is 5.86. The van der Waals surface area contributed by atoms with Gasteiger partial charge in [0.05, 0.1) is 4.34 Å². The average molecular weight is 295 g/mol. The van der Waals surface area contributed by atoms with Gasteiger partial charge in [-0.15, -0.1) is 11.3 Å². The summed E-state index contributed by atoms with van der Waals surface area (Å²) in [6.45, 7) is 3.10. The predicted octanol–water partition coefficient (Wildman–Crippen LogP) is 2.88. The first-order chi connectivity index (χ1) is 9.29. The highest BCUT2D eigenvalue weighted by Crippen LogP contribution is 2.24. The SMILES string of the molecule is Clc1ccc(CN2CCC(Nc3ncccn3)C2)s1. The van der Waals surface area contributed by atoms with Crippen LogP contribution < -0.4 is 5.32 Å². The van der Waals surface area contributed by atoms with E-state index >= 15 is 0 Å². The lowest BCUT2D eigenvalue weighted by atomic mass is 10.3. The fourth-order valence-corrected chi connectivity index (χ4v) is 3.44. The summed E-state index contributed by atoms with van der Waals surface area (Å²) >= 11 is 7.61. The zero-order valence-electron chi connectivity index (χ0n) is 10.4. The highest BCUT2D eigenvalue weighted by Gasteiger charge is 2.23. The van der Waals surface area contributed by atoms with Gasteiger partial charge >= 0.3 is 0 Å². The third-order valence-electron chi connectivity index (χ3n) is 3.18. The quantitative estimate of drug-likeness (QED) is 0.941. The molecule has 3 heterocycles. The van der Waals surface area contributed by atoms with E-state index in [4.69, 9.17) is 11.6 Å². The van der Waals surface area contributed by atoms with Crippen LogP contribution in [0.15, 0.2) is 30.6 Å². The Morgan fingerprint density at radius 2 is 2.21 bits per heavy atom. The fourth-order valence-electron chi connectivity index (χ4n) is 2.31. The normalized spacial score (nSPS) is 19.7. The number of halogens is 1. The van der Waals surface area contributed by atoms with Gasteiger partial charge in [0.25, 0.3) is 0 Å². The van der Waals surface area contributed by atoms with Crippen LogP contribution in [0.3, 0.4) is 0 Å². The molecule has 2 aromatic heterocycles. The number of rotatable bonds is 4. The van der Waals surface area contributed by atoms with Crippen LogP contribution in [0.25, 0.3) is 0 Å². The summed E-state index contributed by atoms with van der Waals surface area (Å²) < 4.78 is 0.863. The largest absolute Gasteiger partial charge is 0.350 e. The second-order valence-electron chi connectivity index (χ2n) is 4.64. The number of anilines is 1. The summed E-state index contributed by atoms with van der Waals surface area (Å²) in [6.07, 6.45) is 4.64. The number of hydrogen-bond acceptors (Lipinski definition) is 5. The molecule has 0 bridgehead atoms. The monoisotopic (exact) mass is 294 g/mol.